The van der Waals surface area contributed by atoms with Gasteiger partial charge in [-0.15, -0.1) is 11.3 Å². The van der Waals surface area contributed by atoms with Crippen LogP contribution in [0.5, 0.6) is 5.06 Å². The van der Waals surface area contributed by atoms with E-state index in [4.69, 9.17) is 4.74 Å². The molecule has 0 saturated carbocycles. The van der Waals surface area contributed by atoms with Crippen LogP contribution in [0.2, 0.25) is 0 Å². The standard InChI is InChI=1S/C19H30OS2/c1-4-6-7-8-9-10-12-20-19-14-18-17(22-19)13-16(21-18)15(3)11-5-2/h13-15H,4-12H2,1-3H3. The van der Waals surface area contributed by atoms with Crippen LogP contribution in [-0.2, 0) is 0 Å². The number of unbranched alkanes of at least 4 members (excludes halogenated alkanes) is 5. The first-order chi connectivity index (χ1) is 10.7. The molecule has 0 aliphatic rings. The van der Waals surface area contributed by atoms with Gasteiger partial charge in [-0.05, 0) is 24.8 Å². The maximum absolute atomic E-state index is 5.93. The van der Waals surface area contributed by atoms with Gasteiger partial charge in [0.2, 0.25) is 0 Å². The van der Waals surface area contributed by atoms with Crippen molar-refractivity contribution in [2.45, 2.75) is 78.1 Å². The maximum atomic E-state index is 5.93. The zero-order valence-electron chi connectivity index (χ0n) is 14.3. The van der Waals surface area contributed by atoms with E-state index >= 15 is 0 Å². The first-order valence-corrected chi connectivity index (χ1v) is 10.5. The second-order valence-electron chi connectivity index (χ2n) is 6.25. The normalized spacial score (nSPS) is 12.9. The van der Waals surface area contributed by atoms with Crippen molar-refractivity contribution < 1.29 is 4.74 Å². The van der Waals surface area contributed by atoms with Crippen LogP contribution >= 0.6 is 22.7 Å². The van der Waals surface area contributed by atoms with Gasteiger partial charge < -0.3 is 4.74 Å². The Bertz CT molecular complexity index is 509. The Labute approximate surface area is 143 Å². The molecule has 0 aromatic carbocycles. The minimum Gasteiger partial charge on any atom is -0.484 e. The molecule has 1 nitrogen and oxygen atoms in total. The molecule has 0 amide bonds. The molecule has 0 saturated heterocycles. The number of ether oxygens (including phenoxy) is 1. The molecule has 3 heteroatoms. The third kappa shape index (κ3) is 5.27. The summed E-state index contributed by atoms with van der Waals surface area (Å²) in [6.07, 6.45) is 10.5. The van der Waals surface area contributed by atoms with E-state index in [1.807, 2.05) is 22.7 Å². The Morgan fingerprint density at radius 3 is 2.36 bits per heavy atom. The highest BCUT2D eigenvalue weighted by Gasteiger charge is 2.12. The maximum Gasteiger partial charge on any atom is 0.175 e. The second kappa shape index (κ2) is 9.57. The van der Waals surface area contributed by atoms with Crippen LogP contribution < -0.4 is 4.74 Å². The highest BCUT2D eigenvalue weighted by Crippen LogP contribution is 2.40. The Balaban J connectivity index is 1.75. The van der Waals surface area contributed by atoms with E-state index in [0.717, 1.165) is 11.7 Å². The van der Waals surface area contributed by atoms with Crippen molar-refractivity contribution in [2.75, 3.05) is 6.61 Å². The van der Waals surface area contributed by atoms with Crippen molar-refractivity contribution >= 4 is 32.1 Å². The molecule has 0 spiro atoms. The van der Waals surface area contributed by atoms with Crippen LogP contribution in [-0.4, -0.2) is 6.61 Å². The van der Waals surface area contributed by atoms with Crippen molar-refractivity contribution in [2.24, 2.45) is 0 Å². The lowest BCUT2D eigenvalue weighted by atomic mass is 10.1. The van der Waals surface area contributed by atoms with Crippen LogP contribution in [0.1, 0.15) is 82.9 Å². The SMILES string of the molecule is CCCCCCCCOc1cc2sc(C(C)CCC)cc2s1. The van der Waals surface area contributed by atoms with E-state index < -0.39 is 0 Å². The molecule has 2 aromatic rings. The molecule has 22 heavy (non-hydrogen) atoms. The van der Waals surface area contributed by atoms with Gasteiger partial charge in [-0.1, -0.05) is 70.6 Å². The fraction of sp³-hybridized carbons (Fsp3) is 0.684. The van der Waals surface area contributed by atoms with Crippen LogP contribution in [0.15, 0.2) is 12.1 Å². The third-order valence-electron chi connectivity index (χ3n) is 4.15. The summed E-state index contributed by atoms with van der Waals surface area (Å²) < 4.78 is 8.74. The Hall–Kier alpha value is -0.540. The molecule has 0 bridgehead atoms. The lowest BCUT2D eigenvalue weighted by Crippen LogP contribution is -1.95. The summed E-state index contributed by atoms with van der Waals surface area (Å²) in [4.78, 5) is 1.53. The molecule has 124 valence electrons. The van der Waals surface area contributed by atoms with E-state index in [2.05, 4.69) is 32.9 Å². The summed E-state index contributed by atoms with van der Waals surface area (Å²) in [6, 6.07) is 4.62. The second-order valence-corrected chi connectivity index (χ2v) is 8.41. The van der Waals surface area contributed by atoms with Gasteiger partial charge in [-0.3, -0.25) is 0 Å². The van der Waals surface area contributed by atoms with Gasteiger partial charge in [-0.25, -0.2) is 0 Å². The predicted octanol–water partition coefficient (Wildman–Crippen LogP) is 7.61. The third-order valence-corrected chi connectivity index (χ3v) is 6.59. The van der Waals surface area contributed by atoms with E-state index in [9.17, 15) is 0 Å². The molecule has 0 radical (unpaired) electrons. The summed E-state index contributed by atoms with van der Waals surface area (Å²) in [5.41, 5.74) is 0. The van der Waals surface area contributed by atoms with Gasteiger partial charge >= 0.3 is 0 Å². The average molecular weight is 339 g/mol. The molecule has 0 aliphatic heterocycles. The van der Waals surface area contributed by atoms with Crippen LogP contribution in [0.3, 0.4) is 0 Å². The molecule has 0 fully saturated rings. The molecule has 2 rings (SSSR count). The van der Waals surface area contributed by atoms with Crippen LogP contribution in [0.25, 0.3) is 9.40 Å². The summed E-state index contributed by atoms with van der Waals surface area (Å²) in [7, 11) is 0. The topological polar surface area (TPSA) is 9.23 Å². The number of rotatable bonds is 11. The number of thiophene rings is 2. The van der Waals surface area contributed by atoms with Crippen molar-refractivity contribution in [3.8, 4) is 5.06 Å². The molecule has 0 N–H and O–H groups in total. The van der Waals surface area contributed by atoms with Crippen molar-refractivity contribution in [1.82, 2.24) is 0 Å². The summed E-state index contributed by atoms with van der Waals surface area (Å²) in [6.45, 7) is 7.74. The van der Waals surface area contributed by atoms with E-state index in [-0.39, 0.29) is 0 Å². The van der Waals surface area contributed by atoms with E-state index in [1.54, 1.807) is 0 Å². The van der Waals surface area contributed by atoms with Gasteiger partial charge in [0, 0.05) is 20.3 Å². The van der Waals surface area contributed by atoms with Crippen molar-refractivity contribution in [3.63, 3.8) is 0 Å². The zero-order chi connectivity index (χ0) is 15.8. The molecular formula is C19H30OS2. The quantitative estimate of drug-likeness (QED) is 0.383. The van der Waals surface area contributed by atoms with Gasteiger partial charge in [0.1, 0.15) is 0 Å². The van der Waals surface area contributed by atoms with Gasteiger partial charge in [-0.2, -0.15) is 0 Å². The van der Waals surface area contributed by atoms with E-state index in [1.165, 1.54) is 65.6 Å². The lowest BCUT2D eigenvalue weighted by molar-refractivity contribution is 0.313. The summed E-state index contributed by atoms with van der Waals surface area (Å²) in [5, 5.41) is 1.10. The molecular weight excluding hydrogens is 308 g/mol. The number of fused-ring (bicyclic) bond motifs is 1. The lowest BCUT2D eigenvalue weighted by Gasteiger charge is -2.06. The van der Waals surface area contributed by atoms with Crippen LogP contribution in [0.4, 0.5) is 0 Å². The Morgan fingerprint density at radius 2 is 1.64 bits per heavy atom. The van der Waals surface area contributed by atoms with Gasteiger partial charge in [0.25, 0.3) is 0 Å². The molecule has 1 unspecified atom stereocenters. The van der Waals surface area contributed by atoms with Crippen LogP contribution in [0, 0.1) is 0 Å². The average Bonchev–Trinajstić information content (AvgIpc) is 3.05. The van der Waals surface area contributed by atoms with Gasteiger partial charge in [0.05, 0.1) is 6.61 Å². The Morgan fingerprint density at radius 1 is 0.909 bits per heavy atom. The smallest absolute Gasteiger partial charge is 0.175 e. The zero-order valence-corrected chi connectivity index (χ0v) is 16.0. The highest BCUT2D eigenvalue weighted by atomic mass is 32.1. The van der Waals surface area contributed by atoms with Crippen molar-refractivity contribution in [1.29, 1.82) is 0 Å². The highest BCUT2D eigenvalue weighted by molar-refractivity contribution is 7.28. The largest absolute Gasteiger partial charge is 0.484 e. The fourth-order valence-corrected chi connectivity index (χ4v) is 5.13. The monoisotopic (exact) mass is 338 g/mol. The minimum atomic E-state index is 0.696. The summed E-state index contributed by atoms with van der Waals surface area (Å²) in [5.74, 6) is 0.696. The van der Waals surface area contributed by atoms with Crippen molar-refractivity contribution in [3.05, 3.63) is 17.0 Å². The summed E-state index contributed by atoms with van der Waals surface area (Å²) >= 11 is 3.76. The van der Waals surface area contributed by atoms with Gasteiger partial charge in [0.15, 0.2) is 5.06 Å². The number of hydrogen-bond donors (Lipinski definition) is 0. The fourth-order valence-electron chi connectivity index (χ4n) is 2.78. The molecule has 0 aliphatic carbocycles. The number of hydrogen-bond acceptors (Lipinski definition) is 3. The minimum absolute atomic E-state index is 0.696. The predicted molar refractivity (Wildman–Crippen MR) is 102 cm³/mol. The van der Waals surface area contributed by atoms with E-state index in [0.29, 0.717) is 5.92 Å². The Kier molecular flexibility index (Phi) is 7.74. The first kappa shape index (κ1) is 17.8. The molecule has 2 aromatic heterocycles. The first-order valence-electron chi connectivity index (χ1n) is 8.90. The molecule has 2 heterocycles. The molecule has 1 atom stereocenters.